The molecule has 8 nitrogen and oxygen atoms in total. The summed E-state index contributed by atoms with van der Waals surface area (Å²) in [6.07, 6.45) is 1.74. The van der Waals surface area contributed by atoms with Gasteiger partial charge in [-0.05, 0) is 18.2 Å². The Balaban J connectivity index is 1.86. The van der Waals surface area contributed by atoms with Gasteiger partial charge in [0.15, 0.2) is 5.56 Å². The molecule has 1 aromatic heterocycles. The Morgan fingerprint density at radius 2 is 2.24 bits per heavy atom. The van der Waals surface area contributed by atoms with E-state index in [4.69, 9.17) is 0 Å². The zero-order valence-corrected chi connectivity index (χ0v) is 13.5. The molecule has 0 saturated heterocycles. The van der Waals surface area contributed by atoms with Crippen LogP contribution >= 0.6 is 12.6 Å². The zero-order valence-electron chi connectivity index (χ0n) is 12.7. The van der Waals surface area contributed by atoms with Crippen LogP contribution in [0.4, 0.5) is 10.1 Å². The van der Waals surface area contributed by atoms with Gasteiger partial charge in [-0.25, -0.2) is 4.39 Å². The van der Waals surface area contributed by atoms with E-state index < -0.39 is 28.7 Å². The average molecular weight is 361 g/mol. The Hall–Kier alpha value is -3.01. The third kappa shape index (κ3) is 3.43. The Bertz CT molecular complexity index is 970. The van der Waals surface area contributed by atoms with Gasteiger partial charge in [-0.2, -0.15) is 27.8 Å². The molecule has 0 aliphatic carbocycles. The standard InChI is InChI=1S/C15H12FN5O3S/c16-8-5-7(9-3-4-17-21-9)1-2-10(8)18-13(22)12-14(23)19-11(6-25)20-15(12)24/h1-3,5,25H,4,6H2,(H,18,22)(H2,19,20,23,24). The molecule has 0 spiro atoms. The lowest BCUT2D eigenvalue weighted by atomic mass is 10.1. The highest BCUT2D eigenvalue weighted by Crippen LogP contribution is 2.25. The molecule has 1 amide bonds. The van der Waals surface area contributed by atoms with E-state index in [9.17, 15) is 19.1 Å². The molecule has 3 N–H and O–H groups in total. The third-order valence-corrected chi connectivity index (χ3v) is 3.68. The molecule has 0 bridgehead atoms. The fourth-order valence-corrected chi connectivity index (χ4v) is 2.36. The van der Waals surface area contributed by atoms with Crippen LogP contribution in [-0.2, 0) is 5.75 Å². The number of halogens is 1. The number of benzene rings is 1. The molecule has 0 saturated carbocycles. The Labute approximate surface area is 145 Å². The summed E-state index contributed by atoms with van der Waals surface area (Å²) in [5.41, 5.74) is -0.556. The lowest BCUT2D eigenvalue weighted by molar-refractivity contribution is 0.102. The van der Waals surface area contributed by atoms with E-state index >= 15 is 0 Å². The minimum Gasteiger partial charge on any atom is -0.493 e. The van der Waals surface area contributed by atoms with Crippen molar-refractivity contribution in [2.75, 3.05) is 11.9 Å². The highest BCUT2D eigenvalue weighted by Gasteiger charge is 2.20. The van der Waals surface area contributed by atoms with Crippen molar-refractivity contribution in [3.8, 4) is 5.88 Å². The second-order valence-electron chi connectivity index (χ2n) is 5.03. The van der Waals surface area contributed by atoms with Gasteiger partial charge in [-0.15, -0.1) is 0 Å². The van der Waals surface area contributed by atoms with Gasteiger partial charge in [-0.1, -0.05) is 6.07 Å². The number of H-pyrrole nitrogens is 1. The molecule has 2 heterocycles. The predicted octanol–water partition coefficient (Wildman–Crippen LogP) is 2.10. The summed E-state index contributed by atoms with van der Waals surface area (Å²) in [6, 6.07) is 4.08. The monoisotopic (exact) mass is 361 g/mol. The van der Waals surface area contributed by atoms with Gasteiger partial charge in [0, 0.05) is 11.3 Å². The number of anilines is 1. The summed E-state index contributed by atoms with van der Waals surface area (Å²) < 4.78 is 14.2. The maximum Gasteiger partial charge on any atom is 0.267 e. The Morgan fingerprint density at radius 1 is 1.44 bits per heavy atom. The highest BCUT2D eigenvalue weighted by atomic mass is 32.1. The maximum absolute atomic E-state index is 14.2. The van der Waals surface area contributed by atoms with E-state index in [0.717, 1.165) is 0 Å². The molecule has 25 heavy (non-hydrogen) atoms. The molecule has 3 rings (SSSR count). The van der Waals surface area contributed by atoms with Gasteiger partial charge in [-0.3, -0.25) is 9.59 Å². The van der Waals surface area contributed by atoms with Crippen LogP contribution in [0.2, 0.25) is 0 Å². The molecule has 128 valence electrons. The van der Waals surface area contributed by atoms with Crippen molar-refractivity contribution < 1.29 is 14.3 Å². The highest BCUT2D eigenvalue weighted by molar-refractivity contribution is 7.79. The molecule has 1 aliphatic rings. The summed E-state index contributed by atoms with van der Waals surface area (Å²) >= 11 is 3.92. The lowest BCUT2D eigenvalue weighted by Gasteiger charge is -2.08. The van der Waals surface area contributed by atoms with Gasteiger partial charge in [0.25, 0.3) is 11.5 Å². The quantitative estimate of drug-likeness (QED) is 0.623. The lowest BCUT2D eigenvalue weighted by Crippen LogP contribution is -2.25. The second-order valence-corrected chi connectivity index (χ2v) is 5.35. The summed E-state index contributed by atoms with van der Waals surface area (Å²) in [5.74, 6) is -2.27. The summed E-state index contributed by atoms with van der Waals surface area (Å²) in [5, 5.41) is 19.6. The van der Waals surface area contributed by atoms with Crippen LogP contribution in [0.25, 0.3) is 5.70 Å². The third-order valence-electron chi connectivity index (χ3n) is 3.38. The molecule has 0 fully saturated rings. The number of aromatic amines is 1. The van der Waals surface area contributed by atoms with E-state index in [-0.39, 0.29) is 17.3 Å². The number of hydrogen-bond donors (Lipinski definition) is 4. The number of carbonyl (C=O) groups is 1. The molecule has 1 aromatic carbocycles. The first-order valence-corrected chi connectivity index (χ1v) is 7.75. The first-order valence-electron chi connectivity index (χ1n) is 7.11. The minimum absolute atomic E-state index is 0.0774. The molecule has 1 aliphatic heterocycles. The van der Waals surface area contributed by atoms with E-state index in [2.05, 4.69) is 38.1 Å². The van der Waals surface area contributed by atoms with Crippen molar-refractivity contribution in [1.29, 1.82) is 0 Å². The molecule has 0 radical (unpaired) electrons. The number of hydrogen-bond acceptors (Lipinski definition) is 7. The van der Waals surface area contributed by atoms with E-state index in [1.165, 1.54) is 12.1 Å². The van der Waals surface area contributed by atoms with Crippen molar-refractivity contribution >= 4 is 29.9 Å². The topological polar surface area (TPSA) is 120 Å². The number of aromatic nitrogens is 2. The van der Waals surface area contributed by atoms with Crippen molar-refractivity contribution in [3.63, 3.8) is 0 Å². The van der Waals surface area contributed by atoms with Gasteiger partial charge in [0.2, 0.25) is 5.88 Å². The molecule has 0 atom stereocenters. The fourth-order valence-electron chi connectivity index (χ4n) is 2.21. The maximum atomic E-state index is 14.2. The van der Waals surface area contributed by atoms with Crippen LogP contribution in [0, 0.1) is 5.82 Å². The molecule has 0 unspecified atom stereocenters. The predicted molar refractivity (Wildman–Crippen MR) is 91.3 cm³/mol. The smallest absolute Gasteiger partial charge is 0.267 e. The van der Waals surface area contributed by atoms with Crippen LogP contribution < -0.4 is 10.9 Å². The Kier molecular flexibility index (Phi) is 4.61. The van der Waals surface area contributed by atoms with Crippen LogP contribution in [-0.4, -0.2) is 27.5 Å². The summed E-state index contributed by atoms with van der Waals surface area (Å²) in [4.78, 5) is 30.0. The normalized spacial score (nSPS) is 13.0. The molecule has 2 aromatic rings. The van der Waals surface area contributed by atoms with E-state index in [1.807, 2.05) is 0 Å². The van der Waals surface area contributed by atoms with Crippen molar-refractivity contribution in [3.05, 3.63) is 57.4 Å². The van der Waals surface area contributed by atoms with Crippen molar-refractivity contribution in [1.82, 2.24) is 9.97 Å². The number of azo groups is 1. The van der Waals surface area contributed by atoms with E-state index in [1.54, 1.807) is 12.1 Å². The van der Waals surface area contributed by atoms with Crippen molar-refractivity contribution in [2.24, 2.45) is 10.2 Å². The number of amides is 1. The first kappa shape index (κ1) is 16.8. The van der Waals surface area contributed by atoms with Crippen LogP contribution in [0.3, 0.4) is 0 Å². The first-order chi connectivity index (χ1) is 12.0. The number of nitrogens with one attached hydrogen (secondary N) is 2. The number of aromatic hydroxyl groups is 1. The molecule has 10 heteroatoms. The summed E-state index contributed by atoms with van der Waals surface area (Å²) in [6.45, 7) is 0.437. The SMILES string of the molecule is O=C(Nc1ccc(C2=CCN=N2)cc1F)c1c(O)nc(CS)[nH]c1=O. The average Bonchev–Trinajstić information content (AvgIpc) is 3.10. The van der Waals surface area contributed by atoms with Gasteiger partial charge in [0.05, 0.1) is 17.9 Å². The van der Waals surface area contributed by atoms with Crippen LogP contribution in [0.1, 0.15) is 21.7 Å². The summed E-state index contributed by atoms with van der Waals surface area (Å²) in [7, 11) is 0. The van der Waals surface area contributed by atoms with Crippen LogP contribution in [0.15, 0.2) is 39.3 Å². The largest absolute Gasteiger partial charge is 0.493 e. The number of carbonyl (C=O) groups excluding carboxylic acids is 1. The second kappa shape index (κ2) is 6.85. The number of thiol groups is 1. The fraction of sp³-hybridized carbons (Fsp3) is 0.133. The number of nitrogens with zero attached hydrogens (tertiary/aromatic N) is 3. The Morgan fingerprint density at radius 3 is 2.84 bits per heavy atom. The zero-order chi connectivity index (χ0) is 18.0. The van der Waals surface area contributed by atoms with Gasteiger partial charge >= 0.3 is 0 Å². The van der Waals surface area contributed by atoms with Gasteiger partial charge in [0.1, 0.15) is 11.6 Å². The van der Waals surface area contributed by atoms with Crippen molar-refractivity contribution in [2.45, 2.75) is 5.75 Å². The van der Waals surface area contributed by atoms with E-state index in [0.29, 0.717) is 17.8 Å². The minimum atomic E-state index is -0.983. The van der Waals surface area contributed by atoms with Gasteiger partial charge < -0.3 is 15.4 Å². The molecular formula is C15H12FN5O3S. The molecular weight excluding hydrogens is 349 g/mol. The number of rotatable bonds is 4. The van der Waals surface area contributed by atoms with Crippen LogP contribution in [0.5, 0.6) is 5.88 Å².